The Bertz CT molecular complexity index is 998. The minimum atomic E-state index is -0.586. The van der Waals surface area contributed by atoms with Crippen LogP contribution in [0.15, 0.2) is 41.3 Å². The zero-order valence-corrected chi connectivity index (χ0v) is 17.8. The quantitative estimate of drug-likeness (QED) is 0.531. The first-order valence-corrected chi connectivity index (χ1v) is 10.0. The maximum absolute atomic E-state index is 12.4. The lowest BCUT2D eigenvalue weighted by Gasteiger charge is -2.15. The summed E-state index contributed by atoms with van der Waals surface area (Å²) in [4.78, 5) is 23.8. The number of benzene rings is 2. The number of carbonyl (C=O) groups excluding carboxylic acids is 2. The molecule has 0 aliphatic carbocycles. The van der Waals surface area contributed by atoms with Crippen LogP contribution in [0.5, 0.6) is 17.2 Å². The molecule has 4 N–H and O–H groups in total. The summed E-state index contributed by atoms with van der Waals surface area (Å²) in [5.74, 6) is 0.619. The van der Waals surface area contributed by atoms with Crippen LogP contribution >= 0.6 is 23.4 Å². The Kier molecular flexibility index (Phi) is 6.96. The highest BCUT2D eigenvalue weighted by atomic mass is 35.5. The molecule has 1 aliphatic heterocycles. The van der Waals surface area contributed by atoms with Crippen LogP contribution in [0.25, 0.3) is 6.08 Å². The molecule has 10 heteroatoms. The summed E-state index contributed by atoms with van der Waals surface area (Å²) in [7, 11) is 3.04. The van der Waals surface area contributed by atoms with Gasteiger partial charge in [0.1, 0.15) is 5.75 Å². The molecule has 2 amide bonds. The Hall–Kier alpha value is -3.04. The van der Waals surface area contributed by atoms with E-state index in [1.807, 2.05) is 0 Å². The summed E-state index contributed by atoms with van der Waals surface area (Å²) in [5, 5.41) is 6.60. The number of nitrogens with two attached hydrogens (primary N) is 1. The summed E-state index contributed by atoms with van der Waals surface area (Å²) in [6.45, 7) is -0.255. The lowest BCUT2D eigenvalue weighted by Crippen LogP contribution is -2.31. The summed E-state index contributed by atoms with van der Waals surface area (Å²) in [5.41, 5.74) is 6.11. The number of nitrogens with one attached hydrogen (secondary N) is 2. The van der Waals surface area contributed by atoms with Crippen molar-refractivity contribution in [3.63, 3.8) is 0 Å². The van der Waals surface area contributed by atoms with Gasteiger partial charge in [0, 0.05) is 5.02 Å². The van der Waals surface area contributed by atoms with Crippen molar-refractivity contribution in [1.29, 1.82) is 0 Å². The smallest absolute Gasteiger partial charge is 0.260 e. The lowest BCUT2D eigenvalue weighted by atomic mass is 10.2. The highest BCUT2D eigenvalue weighted by Gasteiger charge is 2.28. The molecule has 158 valence electrons. The van der Waals surface area contributed by atoms with Crippen LogP contribution in [0.2, 0.25) is 5.02 Å². The van der Waals surface area contributed by atoms with Gasteiger partial charge in [0.05, 0.1) is 24.8 Å². The molecule has 2 aromatic rings. The summed E-state index contributed by atoms with van der Waals surface area (Å²) in [6.07, 6.45) is 1.73. The first-order valence-electron chi connectivity index (χ1n) is 8.78. The van der Waals surface area contributed by atoms with Crippen molar-refractivity contribution in [1.82, 2.24) is 5.32 Å². The largest absolute Gasteiger partial charge is 0.495 e. The number of rotatable bonds is 8. The molecule has 30 heavy (non-hydrogen) atoms. The maximum Gasteiger partial charge on any atom is 0.260 e. The summed E-state index contributed by atoms with van der Waals surface area (Å²) < 4.78 is 15.9. The highest BCUT2D eigenvalue weighted by molar-refractivity contribution is 8.05. The molecule has 1 unspecified atom stereocenters. The number of hydrogen-bond acceptors (Lipinski definition) is 7. The molecule has 0 bridgehead atoms. The number of amides is 2. The average Bonchev–Trinajstić information content (AvgIpc) is 3.05. The van der Waals surface area contributed by atoms with Crippen LogP contribution in [0.3, 0.4) is 0 Å². The maximum atomic E-state index is 12.4. The number of primary amides is 1. The number of ether oxygens (including phenoxy) is 3. The molecule has 0 saturated carbocycles. The molecule has 1 saturated heterocycles. The van der Waals surface area contributed by atoms with E-state index in [2.05, 4.69) is 10.6 Å². The Morgan fingerprint density at radius 1 is 1.20 bits per heavy atom. The number of anilines is 1. The first kappa shape index (κ1) is 21.7. The molecule has 3 rings (SSSR count). The van der Waals surface area contributed by atoms with Gasteiger partial charge in [-0.05, 0) is 42.0 Å². The fraction of sp³-hybridized carbons (Fsp3) is 0.200. The second-order valence-corrected chi connectivity index (χ2v) is 7.72. The predicted molar refractivity (Wildman–Crippen MR) is 117 cm³/mol. The number of halogens is 1. The van der Waals surface area contributed by atoms with Crippen LogP contribution in [0.1, 0.15) is 5.56 Å². The number of hydrogen-bond donors (Lipinski definition) is 3. The van der Waals surface area contributed by atoms with E-state index in [-0.39, 0.29) is 12.5 Å². The van der Waals surface area contributed by atoms with Gasteiger partial charge in [-0.25, -0.2) is 0 Å². The van der Waals surface area contributed by atoms with Crippen LogP contribution in [0, 0.1) is 0 Å². The second kappa shape index (κ2) is 9.64. The van der Waals surface area contributed by atoms with Crippen LogP contribution < -0.4 is 30.6 Å². The third kappa shape index (κ3) is 5.31. The van der Waals surface area contributed by atoms with Gasteiger partial charge in [-0.3, -0.25) is 9.59 Å². The van der Waals surface area contributed by atoms with Gasteiger partial charge in [-0.1, -0.05) is 29.4 Å². The minimum absolute atomic E-state index is 0.216. The average molecular weight is 450 g/mol. The van der Waals surface area contributed by atoms with E-state index < -0.39 is 11.4 Å². The van der Waals surface area contributed by atoms with E-state index in [1.165, 1.54) is 18.9 Å². The molecule has 1 aliphatic rings. The molecule has 8 nitrogen and oxygen atoms in total. The van der Waals surface area contributed by atoms with E-state index in [4.69, 9.17) is 31.5 Å². The normalized spacial score (nSPS) is 16.8. The summed E-state index contributed by atoms with van der Waals surface area (Å²) in [6, 6.07) is 10.3. The second-order valence-electron chi connectivity index (χ2n) is 6.13. The fourth-order valence-corrected chi connectivity index (χ4v) is 3.84. The van der Waals surface area contributed by atoms with Crippen LogP contribution in [0.4, 0.5) is 5.69 Å². The van der Waals surface area contributed by atoms with E-state index in [0.717, 1.165) is 5.56 Å². The highest BCUT2D eigenvalue weighted by Crippen LogP contribution is 2.35. The lowest BCUT2D eigenvalue weighted by molar-refractivity contribution is -0.120. The van der Waals surface area contributed by atoms with Gasteiger partial charge < -0.3 is 30.6 Å². The van der Waals surface area contributed by atoms with Crippen molar-refractivity contribution in [3.05, 3.63) is 51.9 Å². The molecule has 0 radical (unpaired) electrons. The van der Waals surface area contributed by atoms with Crippen molar-refractivity contribution in [2.45, 2.75) is 5.50 Å². The number of carbonyl (C=O) groups is 2. The third-order valence-corrected chi connectivity index (χ3v) is 5.30. The predicted octanol–water partition coefficient (Wildman–Crippen LogP) is 2.82. The number of methoxy groups -OCH3 is 2. The van der Waals surface area contributed by atoms with E-state index in [0.29, 0.717) is 32.9 Å². The van der Waals surface area contributed by atoms with Gasteiger partial charge in [0.25, 0.3) is 11.8 Å². The van der Waals surface area contributed by atoms with E-state index in [1.54, 1.807) is 49.6 Å². The third-order valence-electron chi connectivity index (χ3n) is 4.03. The molecular weight excluding hydrogens is 430 g/mol. The topological polar surface area (TPSA) is 112 Å². The first-order chi connectivity index (χ1) is 14.4. The van der Waals surface area contributed by atoms with Gasteiger partial charge in [-0.2, -0.15) is 0 Å². The SMILES string of the molecule is COc1ccc(Cl)cc1NC1NC(=O)/C(=C/c2ccc(OCC(N)=O)c(OC)c2)S1. The van der Waals surface area contributed by atoms with Crippen molar-refractivity contribution in [2.75, 3.05) is 26.1 Å². The summed E-state index contributed by atoms with van der Waals surface area (Å²) >= 11 is 7.38. The Labute approximate surface area is 182 Å². The zero-order valence-electron chi connectivity index (χ0n) is 16.2. The molecule has 1 atom stereocenters. The van der Waals surface area contributed by atoms with Crippen LogP contribution in [-0.4, -0.2) is 38.1 Å². The minimum Gasteiger partial charge on any atom is -0.495 e. The molecule has 0 aromatic heterocycles. The fourth-order valence-electron chi connectivity index (χ4n) is 2.69. The molecule has 1 heterocycles. The standard InChI is InChI=1S/C20H20ClN3O5S/c1-27-14-6-4-12(21)9-13(14)23-20-24-19(26)17(30-20)8-11-3-5-15(16(7-11)28-2)29-10-18(22)25/h3-9,20,23H,10H2,1-2H3,(H2,22,25)(H,24,26)/b17-8-. The molecule has 2 aromatic carbocycles. The zero-order chi connectivity index (χ0) is 21.7. The van der Waals surface area contributed by atoms with Crippen molar-refractivity contribution in [2.24, 2.45) is 5.73 Å². The Morgan fingerprint density at radius 3 is 2.63 bits per heavy atom. The van der Waals surface area contributed by atoms with Gasteiger partial charge >= 0.3 is 0 Å². The van der Waals surface area contributed by atoms with E-state index in [9.17, 15) is 9.59 Å². The monoisotopic (exact) mass is 449 g/mol. The molecule has 1 fully saturated rings. The van der Waals surface area contributed by atoms with Crippen molar-refractivity contribution >= 4 is 46.9 Å². The number of thioether (sulfide) groups is 1. The Balaban J connectivity index is 1.74. The molecule has 0 spiro atoms. The van der Waals surface area contributed by atoms with Crippen LogP contribution in [-0.2, 0) is 9.59 Å². The van der Waals surface area contributed by atoms with Crippen molar-refractivity contribution in [3.8, 4) is 17.2 Å². The van der Waals surface area contributed by atoms with Gasteiger partial charge in [0.2, 0.25) is 0 Å². The Morgan fingerprint density at radius 2 is 1.93 bits per heavy atom. The van der Waals surface area contributed by atoms with E-state index >= 15 is 0 Å². The van der Waals surface area contributed by atoms with Gasteiger partial charge in [0.15, 0.2) is 23.6 Å². The van der Waals surface area contributed by atoms with Gasteiger partial charge in [-0.15, -0.1) is 0 Å². The molecular formula is C20H20ClN3O5S. The van der Waals surface area contributed by atoms with Crippen molar-refractivity contribution < 1.29 is 23.8 Å².